The van der Waals surface area contributed by atoms with Crippen molar-refractivity contribution in [2.24, 2.45) is 0 Å². The third kappa shape index (κ3) is 5.46. The van der Waals surface area contributed by atoms with Gasteiger partial charge in [-0.05, 0) is 44.7 Å². The van der Waals surface area contributed by atoms with E-state index in [0.717, 1.165) is 11.9 Å². The summed E-state index contributed by atoms with van der Waals surface area (Å²) in [7, 11) is 0. The van der Waals surface area contributed by atoms with Crippen molar-refractivity contribution >= 4 is 27.3 Å². The predicted octanol–water partition coefficient (Wildman–Crippen LogP) is 4.52. The predicted molar refractivity (Wildman–Crippen MR) is 77.5 cm³/mol. The molecule has 0 saturated carbocycles. The molecule has 0 N–H and O–H groups in total. The first-order valence-electron chi connectivity index (χ1n) is 6.06. The second kappa shape index (κ2) is 8.26. The van der Waals surface area contributed by atoms with Crippen LogP contribution in [-0.2, 0) is 6.54 Å². The lowest BCUT2D eigenvalue weighted by Gasteiger charge is -2.25. The van der Waals surface area contributed by atoms with Gasteiger partial charge in [0.05, 0.1) is 0 Å². The van der Waals surface area contributed by atoms with Crippen LogP contribution in [0.15, 0.2) is 17.5 Å². The number of unbranched alkanes of at least 4 members (excludes halogenated alkanes) is 2. The summed E-state index contributed by atoms with van der Waals surface area (Å²) in [5, 5.41) is 3.30. The summed E-state index contributed by atoms with van der Waals surface area (Å²) in [6, 6.07) is 5.02. The van der Waals surface area contributed by atoms with Crippen LogP contribution in [0.3, 0.4) is 0 Å². The van der Waals surface area contributed by atoms with E-state index in [4.69, 9.17) is 0 Å². The summed E-state index contributed by atoms with van der Waals surface area (Å²) in [4.78, 5) is 4.05. The molecule has 1 heterocycles. The van der Waals surface area contributed by atoms with E-state index in [1.54, 1.807) is 0 Å². The first-order valence-corrected chi connectivity index (χ1v) is 8.06. The Labute approximate surface area is 112 Å². The van der Waals surface area contributed by atoms with Gasteiger partial charge in [-0.2, -0.15) is 0 Å². The van der Waals surface area contributed by atoms with Gasteiger partial charge in [-0.1, -0.05) is 28.4 Å². The zero-order valence-corrected chi connectivity index (χ0v) is 12.7. The molecule has 3 heteroatoms. The van der Waals surface area contributed by atoms with Gasteiger partial charge < -0.3 is 0 Å². The molecule has 0 aromatic carbocycles. The lowest BCUT2D eigenvalue weighted by Crippen LogP contribution is -2.31. The lowest BCUT2D eigenvalue weighted by molar-refractivity contribution is 0.210. The molecule has 0 amide bonds. The monoisotopic (exact) mass is 303 g/mol. The van der Waals surface area contributed by atoms with Gasteiger partial charge in [0.1, 0.15) is 0 Å². The molecule has 0 saturated heterocycles. The van der Waals surface area contributed by atoms with E-state index in [-0.39, 0.29) is 0 Å². The maximum Gasteiger partial charge on any atom is 0.0330 e. The number of hydrogen-bond donors (Lipinski definition) is 0. The second-order valence-electron chi connectivity index (χ2n) is 4.39. The van der Waals surface area contributed by atoms with E-state index >= 15 is 0 Å². The topological polar surface area (TPSA) is 3.24 Å². The minimum absolute atomic E-state index is 0.645. The van der Waals surface area contributed by atoms with Crippen molar-refractivity contribution in [3.8, 4) is 0 Å². The van der Waals surface area contributed by atoms with Crippen LogP contribution in [0.25, 0.3) is 0 Å². The molecule has 0 unspecified atom stereocenters. The van der Waals surface area contributed by atoms with Crippen molar-refractivity contribution in [1.29, 1.82) is 0 Å². The first kappa shape index (κ1) is 14.2. The third-order valence-corrected chi connectivity index (χ3v) is 4.17. The maximum absolute atomic E-state index is 3.48. The quantitative estimate of drug-likeness (QED) is 0.504. The smallest absolute Gasteiger partial charge is 0.0330 e. The molecule has 0 spiro atoms. The molecule has 1 aromatic heterocycles. The number of hydrogen-bond acceptors (Lipinski definition) is 2. The van der Waals surface area contributed by atoms with E-state index in [1.165, 1.54) is 30.7 Å². The Morgan fingerprint density at radius 1 is 1.31 bits per heavy atom. The summed E-state index contributed by atoms with van der Waals surface area (Å²) in [6.07, 6.45) is 3.94. The van der Waals surface area contributed by atoms with Gasteiger partial charge in [-0.3, -0.25) is 4.90 Å². The van der Waals surface area contributed by atoms with Crippen LogP contribution in [0.1, 0.15) is 38.0 Å². The highest BCUT2D eigenvalue weighted by molar-refractivity contribution is 9.09. The normalized spacial score (nSPS) is 11.6. The molecule has 0 radical (unpaired) electrons. The lowest BCUT2D eigenvalue weighted by atomic mass is 10.2. The zero-order valence-electron chi connectivity index (χ0n) is 10.3. The van der Waals surface area contributed by atoms with Crippen LogP contribution in [-0.4, -0.2) is 22.8 Å². The fourth-order valence-electron chi connectivity index (χ4n) is 1.71. The Balaban J connectivity index is 2.30. The first-order chi connectivity index (χ1) is 7.74. The molecule has 0 aliphatic carbocycles. The molecule has 1 rings (SSSR count). The molecule has 0 aliphatic heterocycles. The minimum atomic E-state index is 0.645. The average molecular weight is 304 g/mol. The number of halogens is 1. The molecule has 1 nitrogen and oxygen atoms in total. The van der Waals surface area contributed by atoms with Crippen LogP contribution in [0.4, 0.5) is 0 Å². The Morgan fingerprint density at radius 2 is 2.12 bits per heavy atom. The molecule has 16 heavy (non-hydrogen) atoms. The fraction of sp³-hybridized carbons (Fsp3) is 0.692. The molecule has 0 fully saturated rings. The highest BCUT2D eigenvalue weighted by Crippen LogP contribution is 2.14. The van der Waals surface area contributed by atoms with Gasteiger partial charge >= 0.3 is 0 Å². The van der Waals surface area contributed by atoms with E-state index < -0.39 is 0 Å². The van der Waals surface area contributed by atoms with Crippen molar-refractivity contribution in [2.45, 2.75) is 45.7 Å². The molecule has 1 aromatic rings. The molecule has 92 valence electrons. The summed E-state index contributed by atoms with van der Waals surface area (Å²) in [5.74, 6) is 0. The molecular formula is C13H22BrNS. The summed E-state index contributed by atoms with van der Waals surface area (Å²) in [5.41, 5.74) is 0. The average Bonchev–Trinajstić information content (AvgIpc) is 2.75. The van der Waals surface area contributed by atoms with E-state index in [1.807, 2.05) is 11.3 Å². The molecule has 0 atom stereocenters. The van der Waals surface area contributed by atoms with Crippen LogP contribution < -0.4 is 0 Å². The van der Waals surface area contributed by atoms with E-state index in [9.17, 15) is 0 Å². The van der Waals surface area contributed by atoms with Gasteiger partial charge in [-0.15, -0.1) is 11.3 Å². The van der Waals surface area contributed by atoms with Crippen molar-refractivity contribution in [3.63, 3.8) is 0 Å². The molecular weight excluding hydrogens is 282 g/mol. The van der Waals surface area contributed by atoms with Gasteiger partial charge in [0.2, 0.25) is 0 Å². The van der Waals surface area contributed by atoms with E-state index in [2.05, 4.69) is 52.2 Å². The Bertz CT molecular complexity index is 259. The number of thiophene rings is 1. The number of nitrogens with zero attached hydrogens (tertiary/aromatic N) is 1. The third-order valence-electron chi connectivity index (χ3n) is 2.75. The van der Waals surface area contributed by atoms with Gasteiger partial charge in [0, 0.05) is 22.8 Å². The highest BCUT2D eigenvalue weighted by Gasteiger charge is 2.09. The zero-order chi connectivity index (χ0) is 11.8. The Morgan fingerprint density at radius 3 is 2.69 bits per heavy atom. The van der Waals surface area contributed by atoms with Crippen LogP contribution in [0.5, 0.6) is 0 Å². The van der Waals surface area contributed by atoms with Crippen LogP contribution in [0, 0.1) is 0 Å². The van der Waals surface area contributed by atoms with Crippen LogP contribution in [0.2, 0.25) is 0 Å². The van der Waals surface area contributed by atoms with Crippen LogP contribution >= 0.6 is 27.3 Å². The fourth-order valence-corrected chi connectivity index (χ4v) is 2.83. The summed E-state index contributed by atoms with van der Waals surface area (Å²) in [6.45, 7) is 6.92. The van der Waals surface area contributed by atoms with Crippen molar-refractivity contribution in [3.05, 3.63) is 22.4 Å². The highest BCUT2D eigenvalue weighted by atomic mass is 79.9. The van der Waals surface area contributed by atoms with Gasteiger partial charge in [0.25, 0.3) is 0 Å². The summed E-state index contributed by atoms with van der Waals surface area (Å²) < 4.78 is 0. The SMILES string of the molecule is CC(C)N(CCCCCBr)Cc1cccs1. The Kier molecular flexibility index (Phi) is 7.33. The van der Waals surface area contributed by atoms with Gasteiger partial charge in [-0.25, -0.2) is 0 Å². The number of rotatable bonds is 8. The maximum atomic E-state index is 3.48. The van der Waals surface area contributed by atoms with Gasteiger partial charge in [0.15, 0.2) is 0 Å². The summed E-state index contributed by atoms with van der Waals surface area (Å²) >= 11 is 5.35. The van der Waals surface area contributed by atoms with E-state index in [0.29, 0.717) is 6.04 Å². The number of alkyl halides is 1. The standard InChI is InChI=1S/C13H22BrNS/c1-12(2)15(9-5-3-4-8-14)11-13-7-6-10-16-13/h6-7,10,12H,3-5,8-9,11H2,1-2H3. The van der Waals surface area contributed by atoms with Crippen molar-refractivity contribution < 1.29 is 0 Å². The largest absolute Gasteiger partial charge is 0.296 e. The van der Waals surface area contributed by atoms with Crippen molar-refractivity contribution in [2.75, 3.05) is 11.9 Å². The molecule has 0 bridgehead atoms. The second-order valence-corrected chi connectivity index (χ2v) is 6.22. The Hall–Kier alpha value is 0.140. The minimum Gasteiger partial charge on any atom is -0.296 e. The van der Waals surface area contributed by atoms with Crippen molar-refractivity contribution in [1.82, 2.24) is 4.90 Å². The molecule has 0 aliphatic rings.